The van der Waals surface area contributed by atoms with Crippen molar-refractivity contribution in [2.75, 3.05) is 38.7 Å². The number of nitrogens with zero attached hydrogens (tertiary/aromatic N) is 7. The van der Waals surface area contributed by atoms with E-state index in [0.29, 0.717) is 16.6 Å². The van der Waals surface area contributed by atoms with Gasteiger partial charge in [-0.05, 0) is 37.5 Å². The summed E-state index contributed by atoms with van der Waals surface area (Å²) in [6.07, 6.45) is -1.35. The Labute approximate surface area is 211 Å². The minimum atomic E-state index is -2.63. The van der Waals surface area contributed by atoms with Gasteiger partial charge in [0.25, 0.3) is 6.43 Å². The van der Waals surface area contributed by atoms with Gasteiger partial charge in [-0.3, -0.25) is 4.90 Å². The first-order chi connectivity index (χ1) is 18.3. The van der Waals surface area contributed by atoms with E-state index in [-0.39, 0.29) is 34.5 Å². The predicted molar refractivity (Wildman–Crippen MR) is 129 cm³/mol. The molecule has 2 fully saturated rings. The number of rotatable bonds is 7. The summed E-state index contributed by atoms with van der Waals surface area (Å²) in [5.74, 6) is -0.507. The monoisotopic (exact) mass is 517 g/mol. The van der Waals surface area contributed by atoms with Crippen LogP contribution in [0.25, 0.3) is 27.7 Å². The van der Waals surface area contributed by atoms with Crippen molar-refractivity contribution in [1.82, 2.24) is 34.5 Å². The molecule has 10 nitrogen and oxygen atoms in total. The van der Waals surface area contributed by atoms with Gasteiger partial charge in [0.2, 0.25) is 11.8 Å². The predicted octanol–water partition coefficient (Wildman–Crippen LogP) is 3.22. The summed E-state index contributed by atoms with van der Waals surface area (Å²) >= 11 is 0. The Morgan fingerprint density at radius 3 is 2.76 bits per heavy atom. The normalized spacial score (nSPS) is 18.9. The molecule has 6 rings (SSSR count). The number of hydrogen-bond donors (Lipinski definition) is 1. The first-order valence-corrected chi connectivity index (χ1v) is 12.1. The van der Waals surface area contributed by atoms with Crippen LogP contribution in [-0.2, 0) is 11.3 Å². The Balaban J connectivity index is 1.33. The van der Waals surface area contributed by atoms with E-state index in [4.69, 9.17) is 10.8 Å². The number of halogens is 3. The fourth-order valence-electron chi connectivity index (χ4n) is 5.13. The highest BCUT2D eigenvalue weighted by Gasteiger charge is 2.40. The number of ether oxygens (including phenoxy) is 2. The number of hydrogen-bond acceptors (Lipinski definition) is 8. The fraction of sp³-hybridized carbons (Fsp3) is 0.500. The Morgan fingerprint density at radius 1 is 1.30 bits per heavy atom. The van der Waals surface area contributed by atoms with E-state index >= 15 is 4.39 Å². The first-order valence-electron chi connectivity index (χ1n) is 12.6. The van der Waals surface area contributed by atoms with Gasteiger partial charge in [-0.15, -0.1) is 10.2 Å². The van der Waals surface area contributed by atoms with Crippen molar-refractivity contribution in [3.63, 3.8) is 0 Å². The maximum Gasteiger partial charge on any atom is 0.258 e. The number of benzene rings is 1. The average Bonchev–Trinajstić information content (AvgIpc) is 3.40. The molecule has 0 radical (unpaired) electrons. The average molecular weight is 518 g/mol. The highest BCUT2D eigenvalue weighted by Crippen LogP contribution is 2.36. The van der Waals surface area contributed by atoms with Crippen molar-refractivity contribution in [3.05, 3.63) is 30.2 Å². The first kappa shape index (κ1) is 22.7. The molecule has 2 aliphatic rings. The van der Waals surface area contributed by atoms with E-state index in [2.05, 4.69) is 37.5 Å². The van der Waals surface area contributed by atoms with Gasteiger partial charge < -0.3 is 14.8 Å². The summed E-state index contributed by atoms with van der Waals surface area (Å²) in [4.78, 5) is 6.92. The minimum absolute atomic E-state index is 0.0365. The largest absolute Gasteiger partial charge is 0.479 e. The summed E-state index contributed by atoms with van der Waals surface area (Å²) in [6.45, 7) is 4.86. The van der Waals surface area contributed by atoms with Crippen molar-refractivity contribution >= 4 is 22.5 Å². The molecule has 196 valence electrons. The molecule has 5 heterocycles. The van der Waals surface area contributed by atoms with E-state index in [1.54, 1.807) is 12.1 Å². The van der Waals surface area contributed by atoms with Crippen LogP contribution in [-0.4, -0.2) is 85.9 Å². The van der Waals surface area contributed by atoms with Gasteiger partial charge in [-0.1, -0.05) is 11.3 Å². The Morgan fingerprint density at radius 2 is 2.08 bits per heavy atom. The minimum Gasteiger partial charge on any atom is -0.479 e. The summed E-state index contributed by atoms with van der Waals surface area (Å²) < 4.78 is 63.0. The number of fused-ring (bicyclic) bond motifs is 2. The number of nitrogens with one attached hydrogen (secondary N) is 1. The van der Waals surface area contributed by atoms with Crippen molar-refractivity contribution in [1.29, 1.82) is 0 Å². The van der Waals surface area contributed by atoms with Crippen LogP contribution in [0.4, 0.5) is 19.1 Å². The lowest BCUT2D eigenvalue weighted by Crippen LogP contribution is -2.62. The molecule has 2 saturated heterocycles. The Hall–Kier alpha value is -3.45. The van der Waals surface area contributed by atoms with Crippen LogP contribution < -0.4 is 10.1 Å². The summed E-state index contributed by atoms with van der Waals surface area (Å²) in [6, 6.07) is 4.78. The summed E-state index contributed by atoms with van der Waals surface area (Å²) in [5.41, 5.74) is 1.35. The molecule has 0 unspecified atom stereocenters. The molecule has 13 heteroatoms. The zero-order valence-corrected chi connectivity index (χ0v) is 20.4. The van der Waals surface area contributed by atoms with Gasteiger partial charge >= 0.3 is 0 Å². The number of aromatic nitrogens is 6. The quantitative estimate of drug-likeness (QED) is 0.400. The zero-order valence-electron chi connectivity index (χ0n) is 21.4. The van der Waals surface area contributed by atoms with Crippen LogP contribution >= 0.6 is 0 Å². The lowest BCUT2D eigenvalue weighted by Gasteiger charge is -2.49. The second kappa shape index (κ2) is 9.14. The van der Waals surface area contributed by atoms with E-state index in [1.807, 2.05) is 0 Å². The molecule has 37 heavy (non-hydrogen) atoms. The molecule has 4 aromatic rings. The van der Waals surface area contributed by atoms with Crippen LogP contribution in [0, 0.1) is 5.82 Å². The lowest BCUT2D eigenvalue weighted by molar-refractivity contribution is -0.135. The van der Waals surface area contributed by atoms with E-state index < -0.39 is 25.0 Å². The van der Waals surface area contributed by atoms with Crippen molar-refractivity contribution in [3.8, 4) is 17.0 Å². The van der Waals surface area contributed by atoms with Gasteiger partial charge in [0.15, 0.2) is 5.82 Å². The lowest BCUT2D eigenvalue weighted by atomic mass is 9.93. The SMILES string of the molecule is [2H]c1c(F)c(-c2ccc3nnn(CC(F)F)c3c2)c2c(OC)nc(NC3CCN(C4(C)COC4)CC3)nn12. The van der Waals surface area contributed by atoms with Gasteiger partial charge in [0.05, 0.1) is 44.5 Å². The van der Waals surface area contributed by atoms with Gasteiger partial charge in [-0.2, -0.15) is 4.98 Å². The second-order valence-corrected chi connectivity index (χ2v) is 9.77. The maximum absolute atomic E-state index is 15.5. The third-order valence-electron chi connectivity index (χ3n) is 7.20. The highest BCUT2D eigenvalue weighted by molar-refractivity contribution is 5.89. The van der Waals surface area contributed by atoms with Crippen LogP contribution in [0.1, 0.15) is 21.1 Å². The van der Waals surface area contributed by atoms with Crippen LogP contribution in [0.2, 0.25) is 0 Å². The van der Waals surface area contributed by atoms with Crippen molar-refractivity contribution in [2.45, 2.75) is 44.3 Å². The number of methoxy groups -OCH3 is 1. The Kier molecular flexibility index (Phi) is 5.61. The molecule has 0 atom stereocenters. The molecule has 0 saturated carbocycles. The molecule has 1 aromatic carbocycles. The van der Waals surface area contributed by atoms with E-state index in [1.165, 1.54) is 13.2 Å². The van der Waals surface area contributed by atoms with Crippen LogP contribution in [0.3, 0.4) is 0 Å². The third-order valence-corrected chi connectivity index (χ3v) is 7.20. The molecule has 0 amide bonds. The maximum atomic E-state index is 15.5. The molecule has 1 N–H and O–H groups in total. The number of piperidine rings is 1. The van der Waals surface area contributed by atoms with Gasteiger partial charge in [-0.25, -0.2) is 22.4 Å². The van der Waals surface area contributed by atoms with Crippen LogP contribution in [0.15, 0.2) is 24.4 Å². The number of alkyl halides is 2. The molecule has 0 aliphatic carbocycles. The number of likely N-dealkylation sites (tertiary alicyclic amines) is 1. The topological polar surface area (TPSA) is 94.6 Å². The summed E-state index contributed by atoms with van der Waals surface area (Å²) in [7, 11) is 1.41. The summed E-state index contributed by atoms with van der Waals surface area (Å²) in [5, 5.41) is 15.4. The third kappa shape index (κ3) is 4.25. The van der Waals surface area contributed by atoms with E-state index in [9.17, 15) is 8.78 Å². The van der Waals surface area contributed by atoms with Crippen molar-refractivity contribution in [2.24, 2.45) is 0 Å². The molecule has 2 aliphatic heterocycles. The van der Waals surface area contributed by atoms with Gasteiger partial charge in [0.1, 0.15) is 17.6 Å². The highest BCUT2D eigenvalue weighted by atomic mass is 19.3. The number of anilines is 1. The van der Waals surface area contributed by atoms with Crippen molar-refractivity contribution < 1.29 is 24.0 Å². The molecule has 3 aromatic heterocycles. The second-order valence-electron chi connectivity index (χ2n) is 9.77. The van der Waals surface area contributed by atoms with E-state index in [0.717, 1.165) is 48.3 Å². The van der Waals surface area contributed by atoms with Crippen LogP contribution in [0.5, 0.6) is 5.88 Å². The zero-order chi connectivity index (χ0) is 26.6. The molecular weight excluding hydrogens is 489 g/mol. The van der Waals surface area contributed by atoms with Gasteiger partial charge in [0, 0.05) is 19.1 Å². The molecular formula is C24H27F3N8O2. The smallest absolute Gasteiger partial charge is 0.258 e. The molecule has 0 spiro atoms. The standard InChI is InChI=1S/C24H27F3N8O2/c1-24(12-37-13-24)33-7-5-15(6-8-33)28-23-29-22(36-2)21-20(16(25)10-35(21)31-23)14-3-4-17-18(9-14)34(32-30-17)11-19(26)27/h3-4,9-10,15,19H,5-8,11-13H2,1-2H3,(H,28,31)/i10D. The fourth-order valence-corrected chi connectivity index (χ4v) is 5.13. The molecule has 0 bridgehead atoms. The Bertz CT molecular complexity index is 1500.